The van der Waals surface area contributed by atoms with Crippen molar-refractivity contribution in [1.82, 2.24) is 0 Å². The number of para-hydroxylation sites is 1. The van der Waals surface area contributed by atoms with Crippen LogP contribution >= 0.6 is 0 Å². The Balaban J connectivity index is 2.39. The van der Waals surface area contributed by atoms with Crippen LogP contribution in [0.2, 0.25) is 0 Å². The maximum absolute atomic E-state index is 12.2. The number of hydrogen-bond acceptors (Lipinski definition) is 3. The predicted octanol–water partition coefficient (Wildman–Crippen LogP) is 2.85. The van der Waals surface area contributed by atoms with Crippen LogP contribution in [0.15, 0.2) is 54.6 Å². The average molecular weight is 241 g/mol. The SMILES string of the molecule is [O]C(=O)Oc1ccccc1C(=O)c1ccccc1. The number of hydrogen-bond donors (Lipinski definition) is 0. The van der Waals surface area contributed by atoms with Crippen molar-refractivity contribution in [3.8, 4) is 5.75 Å². The summed E-state index contributed by atoms with van der Waals surface area (Å²) < 4.78 is 4.47. The summed E-state index contributed by atoms with van der Waals surface area (Å²) in [6.07, 6.45) is -1.69. The van der Waals surface area contributed by atoms with Crippen LogP contribution < -0.4 is 4.74 Å². The van der Waals surface area contributed by atoms with Crippen LogP contribution in [0.1, 0.15) is 15.9 Å². The molecule has 18 heavy (non-hydrogen) atoms. The minimum absolute atomic E-state index is 0.0219. The number of ketones is 1. The van der Waals surface area contributed by atoms with Crippen molar-refractivity contribution < 1.29 is 19.4 Å². The van der Waals surface area contributed by atoms with Crippen LogP contribution in [0, 0.1) is 0 Å². The van der Waals surface area contributed by atoms with Gasteiger partial charge in [0.1, 0.15) is 5.75 Å². The molecule has 0 saturated carbocycles. The summed E-state index contributed by atoms with van der Waals surface area (Å²) in [5.74, 6) is -0.321. The lowest BCUT2D eigenvalue weighted by atomic mass is 10.0. The lowest BCUT2D eigenvalue weighted by Gasteiger charge is -2.06. The van der Waals surface area contributed by atoms with Gasteiger partial charge < -0.3 is 4.74 Å². The minimum atomic E-state index is -1.69. The van der Waals surface area contributed by atoms with Gasteiger partial charge in [-0.15, -0.1) is 0 Å². The topological polar surface area (TPSA) is 63.3 Å². The van der Waals surface area contributed by atoms with Crippen LogP contribution in [0.4, 0.5) is 4.79 Å². The first kappa shape index (κ1) is 11.9. The van der Waals surface area contributed by atoms with E-state index in [1.807, 2.05) is 0 Å². The first-order valence-electron chi connectivity index (χ1n) is 5.26. The quantitative estimate of drug-likeness (QED) is 0.471. The van der Waals surface area contributed by atoms with E-state index in [2.05, 4.69) is 4.74 Å². The number of rotatable bonds is 3. The first-order chi connectivity index (χ1) is 8.68. The molecule has 2 aromatic carbocycles. The van der Waals surface area contributed by atoms with E-state index < -0.39 is 6.16 Å². The van der Waals surface area contributed by atoms with Gasteiger partial charge in [-0.25, -0.2) is 0 Å². The van der Waals surface area contributed by atoms with Crippen molar-refractivity contribution in [2.45, 2.75) is 0 Å². The summed E-state index contributed by atoms with van der Waals surface area (Å²) in [5.41, 5.74) is 0.653. The fourth-order valence-electron chi connectivity index (χ4n) is 1.58. The van der Waals surface area contributed by atoms with Crippen molar-refractivity contribution >= 4 is 11.9 Å². The van der Waals surface area contributed by atoms with Crippen molar-refractivity contribution in [3.63, 3.8) is 0 Å². The average Bonchev–Trinajstić information content (AvgIpc) is 2.39. The van der Waals surface area contributed by atoms with Crippen molar-refractivity contribution in [2.75, 3.05) is 0 Å². The Morgan fingerprint density at radius 1 is 0.833 bits per heavy atom. The molecule has 0 spiro atoms. The molecule has 0 aromatic heterocycles. The smallest absolute Gasteiger partial charge is 0.392 e. The van der Waals surface area contributed by atoms with Crippen LogP contribution in [0.5, 0.6) is 5.75 Å². The second-order valence-corrected chi connectivity index (χ2v) is 3.54. The maximum Gasteiger partial charge on any atom is 0.555 e. The molecule has 0 aliphatic carbocycles. The zero-order chi connectivity index (χ0) is 13.0. The van der Waals surface area contributed by atoms with Gasteiger partial charge in [0.15, 0.2) is 5.78 Å². The van der Waals surface area contributed by atoms with E-state index >= 15 is 0 Å². The van der Waals surface area contributed by atoms with E-state index in [0.29, 0.717) is 5.56 Å². The van der Waals surface area contributed by atoms with E-state index in [4.69, 9.17) is 0 Å². The van der Waals surface area contributed by atoms with Crippen LogP contribution in [-0.2, 0) is 5.11 Å². The van der Waals surface area contributed by atoms with E-state index in [9.17, 15) is 14.7 Å². The van der Waals surface area contributed by atoms with Gasteiger partial charge in [-0.05, 0) is 12.1 Å². The fourth-order valence-corrected chi connectivity index (χ4v) is 1.58. The van der Waals surface area contributed by atoms with Gasteiger partial charge in [0.05, 0.1) is 5.56 Å². The molecule has 1 radical (unpaired) electrons. The molecule has 2 rings (SSSR count). The highest BCUT2D eigenvalue weighted by Gasteiger charge is 2.16. The summed E-state index contributed by atoms with van der Waals surface area (Å²) in [5, 5.41) is 10.4. The summed E-state index contributed by atoms with van der Waals surface area (Å²) in [6, 6.07) is 14.7. The highest BCUT2D eigenvalue weighted by atomic mass is 16.7. The van der Waals surface area contributed by atoms with Gasteiger partial charge in [-0.3, -0.25) is 4.79 Å². The summed E-state index contributed by atoms with van der Waals surface area (Å²) in [6.45, 7) is 0. The molecule has 0 aliphatic heterocycles. The molecule has 0 atom stereocenters. The molecule has 0 saturated heterocycles. The molecule has 0 heterocycles. The molecule has 2 aromatic rings. The predicted molar refractivity (Wildman–Crippen MR) is 63.0 cm³/mol. The largest absolute Gasteiger partial charge is 0.555 e. The van der Waals surface area contributed by atoms with Crippen molar-refractivity contribution in [1.29, 1.82) is 0 Å². The Morgan fingerprint density at radius 3 is 2.11 bits per heavy atom. The first-order valence-corrected chi connectivity index (χ1v) is 5.26. The van der Waals surface area contributed by atoms with Gasteiger partial charge in [-0.2, -0.15) is 9.90 Å². The molecule has 89 valence electrons. The summed E-state index contributed by atoms with van der Waals surface area (Å²) in [4.78, 5) is 22.6. The third-order valence-corrected chi connectivity index (χ3v) is 2.36. The zero-order valence-electron chi connectivity index (χ0n) is 9.33. The van der Waals surface area contributed by atoms with Crippen LogP contribution in [-0.4, -0.2) is 11.9 Å². The normalized spacial score (nSPS) is 9.78. The Kier molecular flexibility index (Phi) is 3.38. The second-order valence-electron chi connectivity index (χ2n) is 3.54. The standard InChI is InChI=1S/C14H9O4/c15-13(10-6-2-1-3-7-10)11-8-4-5-9-12(11)18-14(16)17/h1-9H. The number of ether oxygens (including phenoxy) is 1. The molecule has 0 unspecified atom stereocenters. The van der Waals surface area contributed by atoms with Gasteiger partial charge in [0, 0.05) is 5.56 Å². The molecule has 0 amide bonds. The second kappa shape index (κ2) is 5.14. The van der Waals surface area contributed by atoms with E-state index in [1.54, 1.807) is 42.5 Å². The zero-order valence-corrected chi connectivity index (χ0v) is 9.33. The molecule has 0 bridgehead atoms. The van der Waals surface area contributed by atoms with E-state index in [0.717, 1.165) is 0 Å². The lowest BCUT2D eigenvalue weighted by Crippen LogP contribution is -2.08. The third-order valence-electron chi connectivity index (χ3n) is 2.36. The Hall–Kier alpha value is -2.62. The number of carbonyl (C=O) groups excluding carboxylic acids is 2. The number of carbonyl (C=O) groups is 2. The fraction of sp³-hybridized carbons (Fsp3) is 0. The Labute approximate surface area is 103 Å². The summed E-state index contributed by atoms with van der Waals surface area (Å²) >= 11 is 0. The molecular weight excluding hydrogens is 232 g/mol. The maximum atomic E-state index is 12.2. The minimum Gasteiger partial charge on any atom is -0.392 e. The monoisotopic (exact) mass is 241 g/mol. The summed E-state index contributed by atoms with van der Waals surface area (Å²) in [7, 11) is 0. The molecular formula is C14H9O4. The van der Waals surface area contributed by atoms with Crippen molar-refractivity contribution in [2.24, 2.45) is 0 Å². The van der Waals surface area contributed by atoms with Crippen LogP contribution in [0.3, 0.4) is 0 Å². The molecule has 0 N–H and O–H groups in total. The van der Waals surface area contributed by atoms with Crippen molar-refractivity contribution in [3.05, 3.63) is 65.7 Å². The van der Waals surface area contributed by atoms with Gasteiger partial charge in [-0.1, -0.05) is 42.5 Å². The molecule has 4 nitrogen and oxygen atoms in total. The Morgan fingerprint density at radius 2 is 1.44 bits per heavy atom. The molecule has 0 fully saturated rings. The molecule has 4 heteroatoms. The van der Waals surface area contributed by atoms with Crippen LogP contribution in [0.25, 0.3) is 0 Å². The van der Waals surface area contributed by atoms with Gasteiger partial charge in [0.25, 0.3) is 0 Å². The third kappa shape index (κ3) is 2.55. The van der Waals surface area contributed by atoms with Gasteiger partial charge in [0.2, 0.25) is 0 Å². The van der Waals surface area contributed by atoms with Gasteiger partial charge >= 0.3 is 6.16 Å². The van der Waals surface area contributed by atoms with E-state index in [-0.39, 0.29) is 17.1 Å². The Bertz CT molecular complexity index is 575. The molecule has 0 aliphatic rings. The van der Waals surface area contributed by atoms with E-state index in [1.165, 1.54) is 12.1 Å². The highest BCUT2D eigenvalue weighted by molar-refractivity contribution is 6.10. The lowest BCUT2D eigenvalue weighted by molar-refractivity contribution is 0.102. The highest BCUT2D eigenvalue weighted by Crippen LogP contribution is 2.21. The number of benzene rings is 2.